The molecular weight excluding hydrogens is 406 g/mol. The Morgan fingerprint density at radius 1 is 1.00 bits per heavy atom. The highest BCUT2D eigenvalue weighted by atomic mass is 16.5. The summed E-state index contributed by atoms with van der Waals surface area (Å²) in [4.78, 5) is 24.6. The minimum absolute atomic E-state index is 0.168. The van der Waals surface area contributed by atoms with Crippen LogP contribution in [0.25, 0.3) is 0 Å². The van der Waals surface area contributed by atoms with Gasteiger partial charge in [0.15, 0.2) is 6.61 Å². The lowest BCUT2D eigenvalue weighted by Gasteiger charge is -2.15. The molecule has 0 spiro atoms. The second-order valence-electron chi connectivity index (χ2n) is 7.02. The van der Waals surface area contributed by atoms with Crippen LogP contribution in [-0.4, -0.2) is 25.5 Å². The van der Waals surface area contributed by atoms with Crippen LogP contribution in [0, 0.1) is 11.3 Å². The van der Waals surface area contributed by atoms with Crippen molar-refractivity contribution in [2.75, 3.05) is 19.0 Å². The van der Waals surface area contributed by atoms with E-state index in [9.17, 15) is 9.59 Å². The molecule has 2 amide bonds. The number of nitrogens with zero attached hydrogens (tertiary/aromatic N) is 1. The first-order chi connectivity index (χ1) is 15.5. The van der Waals surface area contributed by atoms with Gasteiger partial charge < -0.3 is 20.1 Å². The highest BCUT2D eigenvalue weighted by molar-refractivity contribution is 5.94. The Morgan fingerprint density at radius 3 is 2.38 bits per heavy atom. The monoisotopic (exact) mass is 429 g/mol. The molecule has 0 aliphatic rings. The van der Waals surface area contributed by atoms with Crippen molar-refractivity contribution in [3.05, 3.63) is 89.5 Å². The molecule has 0 saturated heterocycles. The Labute approximate surface area is 186 Å². The van der Waals surface area contributed by atoms with Crippen LogP contribution in [0.5, 0.6) is 11.5 Å². The maximum atomic E-state index is 12.5. The molecule has 0 aliphatic carbocycles. The molecule has 3 aromatic carbocycles. The standard InChI is InChI=1S/C25H23N3O4/c1-17(19-8-6-18(15-26)7-9-19)27-25(30)20-10-12-22(13-11-20)32-16-24(29)28-21-4-3-5-23(14-21)31-2/h3-14,17H,16H2,1-2H3,(H,27,30)(H,28,29). The first-order valence-corrected chi connectivity index (χ1v) is 9.96. The van der Waals surface area contributed by atoms with Crippen molar-refractivity contribution >= 4 is 17.5 Å². The van der Waals surface area contributed by atoms with Crippen molar-refractivity contribution in [1.82, 2.24) is 5.32 Å². The number of carbonyl (C=O) groups is 2. The van der Waals surface area contributed by atoms with Crippen LogP contribution in [0.3, 0.4) is 0 Å². The molecule has 0 aliphatic heterocycles. The van der Waals surface area contributed by atoms with Gasteiger partial charge in [0.1, 0.15) is 11.5 Å². The molecule has 0 heterocycles. The average molecular weight is 429 g/mol. The van der Waals surface area contributed by atoms with Gasteiger partial charge in [-0.2, -0.15) is 5.26 Å². The smallest absolute Gasteiger partial charge is 0.262 e. The molecule has 32 heavy (non-hydrogen) atoms. The van der Waals surface area contributed by atoms with E-state index in [4.69, 9.17) is 14.7 Å². The predicted octanol–water partition coefficient (Wildman–Crippen LogP) is 4.08. The Bertz CT molecular complexity index is 1120. The molecule has 7 nitrogen and oxygen atoms in total. The van der Waals surface area contributed by atoms with Gasteiger partial charge in [-0.05, 0) is 61.0 Å². The number of carbonyl (C=O) groups excluding carboxylic acids is 2. The molecule has 1 atom stereocenters. The summed E-state index contributed by atoms with van der Waals surface area (Å²) < 4.78 is 10.6. The quantitative estimate of drug-likeness (QED) is 0.562. The molecule has 0 saturated carbocycles. The Kier molecular flexibility index (Phi) is 7.44. The van der Waals surface area contributed by atoms with E-state index >= 15 is 0 Å². The third-order valence-electron chi connectivity index (χ3n) is 4.73. The third-order valence-corrected chi connectivity index (χ3v) is 4.73. The highest BCUT2D eigenvalue weighted by Crippen LogP contribution is 2.18. The number of anilines is 1. The fourth-order valence-corrected chi connectivity index (χ4v) is 2.96. The molecule has 3 aromatic rings. The zero-order valence-electron chi connectivity index (χ0n) is 17.8. The number of hydrogen-bond acceptors (Lipinski definition) is 5. The first-order valence-electron chi connectivity index (χ1n) is 9.96. The second-order valence-corrected chi connectivity index (χ2v) is 7.02. The summed E-state index contributed by atoms with van der Waals surface area (Å²) in [5, 5.41) is 14.5. The van der Waals surface area contributed by atoms with Crippen molar-refractivity contribution in [3.8, 4) is 17.6 Å². The Hall–Kier alpha value is -4.31. The molecule has 2 N–H and O–H groups in total. The highest BCUT2D eigenvalue weighted by Gasteiger charge is 2.12. The lowest BCUT2D eigenvalue weighted by atomic mass is 10.1. The summed E-state index contributed by atoms with van der Waals surface area (Å²) in [6.45, 7) is 1.70. The van der Waals surface area contributed by atoms with E-state index in [1.54, 1.807) is 67.8 Å². The lowest BCUT2D eigenvalue weighted by molar-refractivity contribution is -0.118. The topological polar surface area (TPSA) is 100 Å². The number of hydrogen-bond donors (Lipinski definition) is 2. The molecule has 0 fully saturated rings. The van der Waals surface area contributed by atoms with Crippen LogP contribution in [-0.2, 0) is 4.79 Å². The number of benzene rings is 3. The van der Waals surface area contributed by atoms with E-state index in [1.807, 2.05) is 19.1 Å². The maximum absolute atomic E-state index is 12.5. The van der Waals surface area contributed by atoms with Crippen molar-refractivity contribution in [1.29, 1.82) is 5.26 Å². The van der Waals surface area contributed by atoms with Crippen LogP contribution in [0.2, 0.25) is 0 Å². The second kappa shape index (κ2) is 10.6. The van der Waals surface area contributed by atoms with Crippen LogP contribution >= 0.6 is 0 Å². The van der Waals surface area contributed by atoms with Crippen molar-refractivity contribution < 1.29 is 19.1 Å². The summed E-state index contributed by atoms with van der Waals surface area (Å²) in [6.07, 6.45) is 0. The van der Waals surface area contributed by atoms with Gasteiger partial charge in [-0.3, -0.25) is 9.59 Å². The fraction of sp³-hybridized carbons (Fsp3) is 0.160. The first kappa shape index (κ1) is 22.4. The lowest BCUT2D eigenvalue weighted by Crippen LogP contribution is -2.26. The molecule has 7 heteroatoms. The summed E-state index contributed by atoms with van der Waals surface area (Å²) in [5.41, 5.74) is 2.56. The molecular formula is C25H23N3O4. The van der Waals surface area contributed by atoms with Gasteiger partial charge in [-0.1, -0.05) is 18.2 Å². The molecule has 1 unspecified atom stereocenters. The molecule has 3 rings (SSSR count). The molecule has 162 valence electrons. The van der Waals surface area contributed by atoms with Crippen LogP contribution in [0.4, 0.5) is 5.69 Å². The SMILES string of the molecule is COc1cccc(NC(=O)COc2ccc(C(=O)NC(C)c3ccc(C#N)cc3)cc2)c1. The van der Waals surface area contributed by atoms with Crippen LogP contribution in [0.1, 0.15) is 34.5 Å². The van der Waals surface area contributed by atoms with E-state index in [2.05, 4.69) is 16.7 Å². The summed E-state index contributed by atoms with van der Waals surface area (Å²) >= 11 is 0. The number of ether oxygens (including phenoxy) is 2. The number of rotatable bonds is 8. The predicted molar refractivity (Wildman–Crippen MR) is 121 cm³/mol. The Balaban J connectivity index is 1.50. The van der Waals surface area contributed by atoms with Gasteiger partial charge in [0.05, 0.1) is 24.8 Å². The zero-order valence-corrected chi connectivity index (χ0v) is 17.8. The number of nitriles is 1. The van der Waals surface area contributed by atoms with Crippen LogP contribution < -0.4 is 20.1 Å². The maximum Gasteiger partial charge on any atom is 0.262 e. The van der Waals surface area contributed by atoms with Gasteiger partial charge in [-0.25, -0.2) is 0 Å². The van der Waals surface area contributed by atoms with E-state index in [0.717, 1.165) is 5.56 Å². The summed E-state index contributed by atoms with van der Waals surface area (Å²) in [7, 11) is 1.56. The molecule has 0 radical (unpaired) electrons. The van der Waals surface area contributed by atoms with E-state index in [-0.39, 0.29) is 24.5 Å². The minimum Gasteiger partial charge on any atom is -0.497 e. The Morgan fingerprint density at radius 2 is 1.72 bits per heavy atom. The normalized spacial score (nSPS) is 11.0. The van der Waals surface area contributed by atoms with Gasteiger partial charge in [0, 0.05) is 17.3 Å². The third kappa shape index (κ3) is 6.09. The zero-order chi connectivity index (χ0) is 22.9. The average Bonchev–Trinajstić information content (AvgIpc) is 2.83. The van der Waals surface area contributed by atoms with Gasteiger partial charge in [0.2, 0.25) is 0 Å². The van der Waals surface area contributed by atoms with Gasteiger partial charge in [-0.15, -0.1) is 0 Å². The summed E-state index contributed by atoms with van der Waals surface area (Å²) in [6, 6.07) is 22.5. The van der Waals surface area contributed by atoms with Crippen molar-refractivity contribution in [2.24, 2.45) is 0 Å². The fourth-order valence-electron chi connectivity index (χ4n) is 2.96. The summed E-state index contributed by atoms with van der Waals surface area (Å²) in [5.74, 6) is 0.578. The van der Waals surface area contributed by atoms with Crippen LogP contribution in [0.15, 0.2) is 72.8 Å². The van der Waals surface area contributed by atoms with Crippen molar-refractivity contribution in [2.45, 2.75) is 13.0 Å². The van der Waals surface area contributed by atoms with E-state index in [0.29, 0.717) is 28.3 Å². The van der Waals surface area contributed by atoms with E-state index in [1.165, 1.54) is 0 Å². The van der Waals surface area contributed by atoms with Gasteiger partial charge in [0.25, 0.3) is 11.8 Å². The number of amides is 2. The minimum atomic E-state index is -0.309. The molecule has 0 bridgehead atoms. The number of methoxy groups -OCH3 is 1. The van der Waals surface area contributed by atoms with Crippen molar-refractivity contribution in [3.63, 3.8) is 0 Å². The van der Waals surface area contributed by atoms with E-state index < -0.39 is 0 Å². The molecule has 0 aromatic heterocycles. The number of nitrogens with one attached hydrogen (secondary N) is 2. The van der Waals surface area contributed by atoms with Gasteiger partial charge >= 0.3 is 0 Å². The largest absolute Gasteiger partial charge is 0.497 e.